The lowest BCUT2D eigenvalue weighted by Gasteiger charge is -2.13. The maximum absolute atomic E-state index is 10.2. The zero-order chi connectivity index (χ0) is 11.5. The van der Waals surface area contributed by atoms with E-state index in [9.17, 15) is 5.11 Å². The van der Waals surface area contributed by atoms with Gasteiger partial charge >= 0.3 is 0 Å². The van der Waals surface area contributed by atoms with Crippen molar-refractivity contribution in [3.8, 4) is 0 Å². The number of hydrogen-bond acceptors (Lipinski definition) is 3. The molecule has 0 saturated carbocycles. The summed E-state index contributed by atoms with van der Waals surface area (Å²) in [6.45, 7) is 3.84. The van der Waals surface area contributed by atoms with Gasteiger partial charge in [-0.3, -0.25) is 9.97 Å². The first-order chi connectivity index (χ1) is 7.68. The van der Waals surface area contributed by atoms with Crippen LogP contribution in [0.15, 0.2) is 36.7 Å². The molecular weight excluding hydrogens is 200 g/mol. The van der Waals surface area contributed by atoms with E-state index in [-0.39, 0.29) is 0 Å². The molecule has 1 unspecified atom stereocenters. The van der Waals surface area contributed by atoms with Gasteiger partial charge in [0.2, 0.25) is 0 Å². The normalized spacial score (nSPS) is 12.4. The molecule has 82 valence electrons. The molecule has 0 fully saturated rings. The highest BCUT2D eigenvalue weighted by Gasteiger charge is 2.13. The lowest BCUT2D eigenvalue weighted by molar-refractivity contribution is 0.218. The lowest BCUT2D eigenvalue weighted by Crippen LogP contribution is -2.04. The molecule has 3 nitrogen and oxygen atoms in total. The second-order valence-corrected chi connectivity index (χ2v) is 3.82. The van der Waals surface area contributed by atoms with Crippen molar-refractivity contribution in [3.05, 3.63) is 59.2 Å². The van der Waals surface area contributed by atoms with Crippen molar-refractivity contribution in [2.45, 2.75) is 20.0 Å². The second kappa shape index (κ2) is 4.41. The SMILES string of the molecule is Cc1ccc(C(O)c2cccnc2)c(C)n1. The zero-order valence-corrected chi connectivity index (χ0v) is 9.38. The van der Waals surface area contributed by atoms with Gasteiger partial charge in [-0.25, -0.2) is 0 Å². The van der Waals surface area contributed by atoms with E-state index >= 15 is 0 Å². The van der Waals surface area contributed by atoms with E-state index in [1.165, 1.54) is 0 Å². The first kappa shape index (κ1) is 10.8. The number of aryl methyl sites for hydroxylation is 2. The third-order valence-electron chi connectivity index (χ3n) is 2.56. The summed E-state index contributed by atoms with van der Waals surface area (Å²) in [5.74, 6) is 0. The summed E-state index contributed by atoms with van der Waals surface area (Å²) >= 11 is 0. The summed E-state index contributed by atoms with van der Waals surface area (Å²) in [4.78, 5) is 8.34. The Balaban J connectivity index is 2.38. The fourth-order valence-corrected chi connectivity index (χ4v) is 1.70. The van der Waals surface area contributed by atoms with Crippen molar-refractivity contribution in [3.63, 3.8) is 0 Å². The molecule has 0 aliphatic rings. The van der Waals surface area contributed by atoms with E-state index in [1.54, 1.807) is 12.4 Å². The van der Waals surface area contributed by atoms with Gasteiger partial charge in [0.25, 0.3) is 0 Å². The Morgan fingerprint density at radius 3 is 2.62 bits per heavy atom. The third-order valence-corrected chi connectivity index (χ3v) is 2.56. The molecule has 2 aromatic rings. The molecule has 1 atom stereocenters. The van der Waals surface area contributed by atoms with E-state index in [0.717, 1.165) is 22.5 Å². The quantitative estimate of drug-likeness (QED) is 0.833. The fourth-order valence-electron chi connectivity index (χ4n) is 1.70. The van der Waals surface area contributed by atoms with Crippen molar-refractivity contribution < 1.29 is 5.11 Å². The standard InChI is InChI=1S/C13H14N2O/c1-9-5-6-12(10(2)15-9)13(16)11-4-3-7-14-8-11/h3-8,13,16H,1-2H3. The van der Waals surface area contributed by atoms with E-state index in [2.05, 4.69) is 9.97 Å². The Labute approximate surface area is 94.8 Å². The van der Waals surface area contributed by atoms with Crippen molar-refractivity contribution in [1.29, 1.82) is 0 Å². The summed E-state index contributed by atoms with van der Waals surface area (Å²) in [5.41, 5.74) is 3.44. The maximum Gasteiger partial charge on any atom is 0.107 e. The van der Waals surface area contributed by atoms with Crippen LogP contribution < -0.4 is 0 Å². The Morgan fingerprint density at radius 1 is 1.19 bits per heavy atom. The van der Waals surface area contributed by atoms with Crippen LogP contribution in [0.3, 0.4) is 0 Å². The van der Waals surface area contributed by atoms with Crippen LogP contribution in [0.2, 0.25) is 0 Å². The summed E-state index contributed by atoms with van der Waals surface area (Å²) < 4.78 is 0. The monoisotopic (exact) mass is 214 g/mol. The zero-order valence-electron chi connectivity index (χ0n) is 9.38. The number of hydrogen-bond donors (Lipinski definition) is 1. The fraction of sp³-hybridized carbons (Fsp3) is 0.231. The molecule has 16 heavy (non-hydrogen) atoms. The van der Waals surface area contributed by atoms with Gasteiger partial charge in [-0.1, -0.05) is 12.1 Å². The number of aromatic nitrogens is 2. The van der Waals surface area contributed by atoms with Crippen LogP contribution in [-0.4, -0.2) is 15.1 Å². The first-order valence-electron chi connectivity index (χ1n) is 5.20. The van der Waals surface area contributed by atoms with Crippen molar-refractivity contribution in [1.82, 2.24) is 9.97 Å². The molecule has 0 spiro atoms. The van der Waals surface area contributed by atoms with Crippen LogP contribution in [0.5, 0.6) is 0 Å². The number of pyridine rings is 2. The molecule has 1 N–H and O–H groups in total. The van der Waals surface area contributed by atoms with E-state index in [1.807, 2.05) is 38.1 Å². The predicted octanol–water partition coefficient (Wildman–Crippen LogP) is 2.18. The van der Waals surface area contributed by atoms with Gasteiger partial charge in [-0.05, 0) is 26.0 Å². The molecule has 0 saturated heterocycles. The lowest BCUT2D eigenvalue weighted by atomic mass is 10.0. The Kier molecular flexibility index (Phi) is 2.97. The minimum absolute atomic E-state index is 0.651. The van der Waals surface area contributed by atoms with Crippen LogP contribution in [-0.2, 0) is 0 Å². The van der Waals surface area contributed by atoms with Crippen molar-refractivity contribution in [2.24, 2.45) is 0 Å². The molecule has 0 bridgehead atoms. The smallest absolute Gasteiger partial charge is 0.107 e. The minimum atomic E-state index is -0.651. The van der Waals surface area contributed by atoms with Gasteiger partial charge in [-0.15, -0.1) is 0 Å². The van der Waals surface area contributed by atoms with E-state index < -0.39 is 6.10 Å². The summed E-state index contributed by atoms with van der Waals surface area (Å²) in [7, 11) is 0. The summed E-state index contributed by atoms with van der Waals surface area (Å²) in [5, 5.41) is 10.2. The highest BCUT2D eigenvalue weighted by atomic mass is 16.3. The van der Waals surface area contributed by atoms with Crippen LogP contribution in [0.4, 0.5) is 0 Å². The third kappa shape index (κ3) is 2.09. The average Bonchev–Trinajstić information content (AvgIpc) is 2.29. The van der Waals surface area contributed by atoms with E-state index in [0.29, 0.717) is 0 Å². The van der Waals surface area contributed by atoms with Crippen LogP contribution >= 0.6 is 0 Å². The first-order valence-corrected chi connectivity index (χ1v) is 5.20. The van der Waals surface area contributed by atoms with Gasteiger partial charge in [0.1, 0.15) is 6.10 Å². The van der Waals surface area contributed by atoms with Gasteiger partial charge in [0.05, 0.1) is 0 Å². The molecule has 0 aliphatic carbocycles. The van der Waals surface area contributed by atoms with Gasteiger partial charge < -0.3 is 5.11 Å². The van der Waals surface area contributed by atoms with Crippen LogP contribution in [0.1, 0.15) is 28.6 Å². The highest BCUT2D eigenvalue weighted by molar-refractivity contribution is 5.31. The van der Waals surface area contributed by atoms with Crippen molar-refractivity contribution >= 4 is 0 Å². The van der Waals surface area contributed by atoms with Gasteiger partial charge in [0.15, 0.2) is 0 Å². The van der Waals surface area contributed by atoms with Crippen LogP contribution in [0.25, 0.3) is 0 Å². The molecule has 0 amide bonds. The predicted molar refractivity (Wildman–Crippen MR) is 62.0 cm³/mol. The van der Waals surface area contributed by atoms with Gasteiger partial charge in [0, 0.05) is 34.9 Å². The summed E-state index contributed by atoms with van der Waals surface area (Å²) in [6.07, 6.45) is 2.71. The molecule has 2 rings (SSSR count). The topological polar surface area (TPSA) is 46.0 Å². The molecule has 0 aromatic carbocycles. The number of rotatable bonds is 2. The molecule has 3 heteroatoms. The Morgan fingerprint density at radius 2 is 2.00 bits per heavy atom. The Bertz CT molecular complexity index is 483. The minimum Gasteiger partial charge on any atom is -0.384 e. The number of aliphatic hydroxyl groups is 1. The molecule has 2 aromatic heterocycles. The number of aliphatic hydroxyl groups excluding tert-OH is 1. The molecule has 2 heterocycles. The average molecular weight is 214 g/mol. The van der Waals surface area contributed by atoms with Gasteiger partial charge in [-0.2, -0.15) is 0 Å². The van der Waals surface area contributed by atoms with Crippen LogP contribution in [0, 0.1) is 13.8 Å². The molecule has 0 aliphatic heterocycles. The second-order valence-electron chi connectivity index (χ2n) is 3.82. The highest BCUT2D eigenvalue weighted by Crippen LogP contribution is 2.23. The van der Waals surface area contributed by atoms with Crippen molar-refractivity contribution in [2.75, 3.05) is 0 Å². The summed E-state index contributed by atoms with van der Waals surface area (Å²) in [6, 6.07) is 7.49. The maximum atomic E-state index is 10.2. The molecular formula is C13H14N2O. The van der Waals surface area contributed by atoms with E-state index in [4.69, 9.17) is 0 Å². The molecule has 0 radical (unpaired) electrons. The largest absolute Gasteiger partial charge is 0.384 e. The number of nitrogens with zero attached hydrogens (tertiary/aromatic N) is 2. The Hall–Kier alpha value is -1.74.